The molecular weight excluding hydrogens is 414 g/mol. The van der Waals surface area contributed by atoms with E-state index in [1.807, 2.05) is 0 Å². The van der Waals surface area contributed by atoms with Gasteiger partial charge in [-0.2, -0.15) is 0 Å². The molecular formula is C19H11F4NO4S. The predicted molar refractivity (Wildman–Crippen MR) is 97.5 cm³/mol. The van der Waals surface area contributed by atoms with Gasteiger partial charge in [-0.15, -0.1) is 11.3 Å². The third-order valence-corrected chi connectivity index (χ3v) is 4.75. The van der Waals surface area contributed by atoms with Gasteiger partial charge in [0.2, 0.25) is 0 Å². The number of carbonyl (C=O) groups is 2. The van der Waals surface area contributed by atoms with Crippen molar-refractivity contribution in [3.63, 3.8) is 0 Å². The van der Waals surface area contributed by atoms with E-state index in [0.717, 1.165) is 30.3 Å². The van der Waals surface area contributed by atoms with Gasteiger partial charge in [-0.25, -0.2) is 22.4 Å². The molecule has 3 rings (SSSR count). The molecule has 29 heavy (non-hydrogen) atoms. The zero-order chi connectivity index (χ0) is 23.8. The lowest BCUT2D eigenvalue weighted by Gasteiger charge is -2.13. The summed E-state index contributed by atoms with van der Waals surface area (Å²) < 4.78 is 84.3. The molecule has 150 valence electrons. The lowest BCUT2D eigenvalue weighted by Crippen LogP contribution is -2.18. The van der Waals surface area contributed by atoms with E-state index in [1.54, 1.807) is 5.32 Å². The van der Waals surface area contributed by atoms with Gasteiger partial charge in [0, 0.05) is 0 Å². The molecule has 1 heterocycles. The first-order chi connectivity index (χ1) is 14.9. The summed E-state index contributed by atoms with van der Waals surface area (Å²) in [5, 5.41) is 11.9. The summed E-state index contributed by atoms with van der Waals surface area (Å²) >= 11 is 0.668. The van der Waals surface area contributed by atoms with E-state index in [1.165, 1.54) is 5.38 Å². The molecule has 0 atom stereocenters. The van der Waals surface area contributed by atoms with E-state index < -0.39 is 69.4 Å². The molecule has 0 fully saturated rings. The van der Waals surface area contributed by atoms with Gasteiger partial charge in [-0.05, 0) is 29.1 Å². The second kappa shape index (κ2) is 7.92. The Bertz CT molecular complexity index is 1200. The fourth-order valence-corrected chi connectivity index (χ4v) is 3.27. The summed E-state index contributed by atoms with van der Waals surface area (Å²) in [5.41, 5.74) is -3.49. The van der Waals surface area contributed by atoms with Crippen LogP contribution in [0.4, 0.5) is 23.2 Å². The minimum Gasteiger partial charge on any atom is -0.497 e. The van der Waals surface area contributed by atoms with E-state index in [4.69, 9.17) is 9.22 Å². The van der Waals surface area contributed by atoms with Gasteiger partial charge in [-0.3, -0.25) is 4.79 Å². The topological polar surface area (TPSA) is 75.6 Å². The first-order valence-electron chi connectivity index (χ1n) is 9.18. The first kappa shape index (κ1) is 16.5. The molecule has 0 saturated heterocycles. The second-order valence-corrected chi connectivity index (χ2v) is 6.47. The minimum atomic E-state index is -2.88. The number of carbonyl (C=O) groups excluding carboxylic acids is 1. The number of hydrogen-bond donors (Lipinski definition) is 2. The quantitative estimate of drug-likeness (QED) is 0.446. The van der Waals surface area contributed by atoms with Crippen LogP contribution in [0.5, 0.6) is 5.75 Å². The van der Waals surface area contributed by atoms with Gasteiger partial charge in [0.15, 0.2) is 23.3 Å². The zero-order valence-electron chi connectivity index (χ0n) is 17.1. The van der Waals surface area contributed by atoms with Crippen molar-refractivity contribution in [2.24, 2.45) is 0 Å². The molecule has 0 spiro atoms. The molecule has 2 N–H and O–H groups in total. The zero-order valence-corrected chi connectivity index (χ0v) is 14.9. The summed E-state index contributed by atoms with van der Waals surface area (Å²) in [4.78, 5) is 22.9. The Morgan fingerprint density at radius 1 is 1.10 bits per heavy atom. The normalized spacial score (nSPS) is 12.6. The molecule has 10 heteroatoms. The van der Waals surface area contributed by atoms with E-state index in [9.17, 15) is 27.2 Å². The van der Waals surface area contributed by atoms with Crippen LogP contribution in [-0.2, 0) is 0 Å². The summed E-state index contributed by atoms with van der Waals surface area (Å²) in [5.74, 6) is -10.7. The number of carboxylic acid groups (broad SMARTS) is 1. The Labute approximate surface area is 169 Å². The third-order valence-electron chi connectivity index (χ3n) is 3.85. The molecule has 0 bridgehead atoms. The fraction of sp³-hybridized carbons (Fsp3) is 0.0526. The van der Waals surface area contributed by atoms with Gasteiger partial charge < -0.3 is 15.2 Å². The number of rotatable bonds is 5. The van der Waals surface area contributed by atoms with E-state index in [0.29, 0.717) is 11.3 Å². The van der Waals surface area contributed by atoms with Gasteiger partial charge in [0.1, 0.15) is 16.3 Å². The molecule has 0 saturated carbocycles. The van der Waals surface area contributed by atoms with Crippen LogP contribution in [0.3, 0.4) is 0 Å². The first-order valence-corrected chi connectivity index (χ1v) is 8.56. The maximum absolute atomic E-state index is 14.7. The van der Waals surface area contributed by atoms with Crippen LogP contribution >= 0.6 is 11.3 Å². The predicted octanol–water partition coefficient (Wildman–Crippen LogP) is 4.93. The van der Waals surface area contributed by atoms with E-state index >= 15 is 0 Å². The van der Waals surface area contributed by atoms with Crippen molar-refractivity contribution in [2.75, 3.05) is 12.4 Å². The standard InChI is InChI=1S/C19H11F4NO4S/c1-28-9-4-2-3-8(7-9)11-12(20)14(22)16(15(23)13(11)21)24-18(25)10-5-6-29-17(10)19(26)27/h2-7H,1H3,(H,24,25)(H,26,27)/i1D3. The molecule has 1 amide bonds. The Hall–Kier alpha value is -3.40. The van der Waals surface area contributed by atoms with Crippen molar-refractivity contribution in [1.29, 1.82) is 0 Å². The highest BCUT2D eigenvalue weighted by Crippen LogP contribution is 2.36. The Balaban J connectivity index is 2.04. The molecule has 0 aliphatic rings. The number of hydrogen-bond acceptors (Lipinski definition) is 4. The summed E-state index contributed by atoms with van der Waals surface area (Å²) in [6.45, 7) is 0. The van der Waals surface area contributed by atoms with Crippen LogP contribution in [0.2, 0.25) is 0 Å². The van der Waals surface area contributed by atoms with E-state index in [2.05, 4.69) is 4.74 Å². The number of anilines is 1. The fourth-order valence-electron chi connectivity index (χ4n) is 2.54. The smallest absolute Gasteiger partial charge is 0.346 e. The largest absolute Gasteiger partial charge is 0.497 e. The third kappa shape index (κ3) is 3.66. The number of amides is 1. The van der Waals surface area contributed by atoms with Crippen LogP contribution in [0, 0.1) is 23.3 Å². The van der Waals surface area contributed by atoms with Gasteiger partial charge in [0.05, 0.1) is 22.3 Å². The van der Waals surface area contributed by atoms with Crippen molar-refractivity contribution in [3.05, 3.63) is 69.4 Å². The number of aromatic carboxylic acids is 1. The number of thiophene rings is 1. The maximum Gasteiger partial charge on any atom is 0.346 e. The highest BCUT2D eigenvalue weighted by atomic mass is 32.1. The SMILES string of the molecule is [2H]C([2H])([2H])Oc1cccc(-c2c(F)c(F)c(NC(=O)c3ccsc3C(=O)O)c(F)c2F)c1. The van der Waals surface area contributed by atoms with Gasteiger partial charge in [-0.1, -0.05) is 12.1 Å². The monoisotopic (exact) mass is 428 g/mol. The number of ether oxygens (including phenoxy) is 1. The Morgan fingerprint density at radius 2 is 1.79 bits per heavy atom. The van der Waals surface area contributed by atoms with Gasteiger partial charge >= 0.3 is 5.97 Å². The molecule has 3 aromatic rings. The van der Waals surface area contributed by atoms with Crippen molar-refractivity contribution in [1.82, 2.24) is 0 Å². The maximum atomic E-state index is 14.7. The summed E-state index contributed by atoms with van der Waals surface area (Å²) in [6, 6.07) is 5.32. The van der Waals surface area contributed by atoms with Gasteiger partial charge in [0.25, 0.3) is 5.91 Å². The molecule has 2 aromatic carbocycles. The van der Waals surface area contributed by atoms with Crippen molar-refractivity contribution in [3.8, 4) is 16.9 Å². The number of halogens is 4. The number of carboxylic acids is 1. The molecule has 5 nitrogen and oxygen atoms in total. The van der Waals surface area contributed by atoms with E-state index in [-0.39, 0.29) is 5.75 Å². The van der Waals surface area contributed by atoms with Crippen LogP contribution < -0.4 is 10.1 Å². The minimum absolute atomic E-state index is 0.335. The number of nitrogens with one attached hydrogen (secondary N) is 1. The van der Waals surface area contributed by atoms with Crippen LogP contribution in [0.15, 0.2) is 35.7 Å². The summed E-state index contributed by atoms with van der Waals surface area (Å²) in [7, 11) is -2.88. The molecule has 0 aliphatic carbocycles. The lowest BCUT2D eigenvalue weighted by molar-refractivity contribution is 0.0698. The highest BCUT2D eigenvalue weighted by Gasteiger charge is 2.29. The molecule has 0 radical (unpaired) electrons. The molecule has 0 aliphatic heterocycles. The van der Waals surface area contributed by atoms with Crippen molar-refractivity contribution >= 4 is 28.9 Å². The average molecular weight is 428 g/mol. The summed E-state index contributed by atoms with van der Waals surface area (Å²) in [6.07, 6.45) is 0. The van der Waals surface area contributed by atoms with Crippen LogP contribution in [-0.4, -0.2) is 24.0 Å². The highest BCUT2D eigenvalue weighted by molar-refractivity contribution is 7.12. The van der Waals surface area contributed by atoms with Crippen molar-refractivity contribution < 1.29 is 41.1 Å². The Morgan fingerprint density at radius 3 is 2.41 bits per heavy atom. The Kier molecular flexibility index (Phi) is 4.52. The number of methoxy groups -OCH3 is 1. The molecule has 1 aromatic heterocycles. The lowest BCUT2D eigenvalue weighted by atomic mass is 10.0. The van der Waals surface area contributed by atoms with Crippen molar-refractivity contribution in [2.45, 2.75) is 0 Å². The van der Waals surface area contributed by atoms with Crippen LogP contribution in [0.25, 0.3) is 11.1 Å². The second-order valence-electron chi connectivity index (χ2n) is 5.56. The molecule has 0 unspecified atom stereocenters. The average Bonchev–Trinajstić information content (AvgIpc) is 3.19. The number of benzene rings is 2. The van der Waals surface area contributed by atoms with Crippen LogP contribution in [0.1, 0.15) is 24.1 Å².